The molecule has 0 bridgehead atoms. The Labute approximate surface area is 90.1 Å². The zero-order valence-corrected chi connectivity index (χ0v) is 8.90. The summed E-state index contributed by atoms with van der Waals surface area (Å²) in [6, 6.07) is 0. The van der Waals surface area contributed by atoms with Gasteiger partial charge >= 0.3 is 7.82 Å². The van der Waals surface area contributed by atoms with E-state index in [1.165, 1.54) is 0 Å². The van der Waals surface area contributed by atoms with Crippen molar-refractivity contribution in [1.82, 2.24) is 0 Å². The highest BCUT2D eigenvalue weighted by atomic mass is 31.2. The van der Waals surface area contributed by atoms with Gasteiger partial charge in [-0.25, -0.2) is 4.57 Å². The normalized spacial score (nSPS) is 40.2. The van der Waals surface area contributed by atoms with Gasteiger partial charge < -0.3 is 34.9 Å². The highest BCUT2D eigenvalue weighted by Gasteiger charge is 2.53. The van der Waals surface area contributed by atoms with Crippen LogP contribution in [-0.2, 0) is 13.8 Å². The Bertz CT molecular complexity index is 290. The zero-order chi connectivity index (χ0) is 12.6. The number of aliphatic hydroxyl groups excluding tert-OH is 3. The molecule has 4 atom stereocenters. The maximum Gasteiger partial charge on any atom is 0.469 e. The first-order chi connectivity index (χ1) is 7.19. The van der Waals surface area contributed by atoms with E-state index in [-0.39, 0.29) is 0 Å². The quantitative estimate of drug-likeness (QED) is 0.288. The summed E-state index contributed by atoms with van der Waals surface area (Å²) in [5.41, 5.74) is 0. The molecule has 1 fully saturated rings. The summed E-state index contributed by atoms with van der Waals surface area (Å²) in [7, 11) is -4.73. The second-order valence-corrected chi connectivity index (χ2v) is 4.62. The third kappa shape index (κ3) is 2.98. The van der Waals surface area contributed by atoms with Crippen LogP contribution >= 0.6 is 7.82 Å². The molecule has 1 saturated heterocycles. The Kier molecular flexibility index (Phi) is 4.06. The van der Waals surface area contributed by atoms with E-state index in [1.54, 1.807) is 0 Å². The predicted molar refractivity (Wildman–Crippen MR) is 46.9 cm³/mol. The summed E-state index contributed by atoms with van der Waals surface area (Å²) in [4.78, 5) is 16.8. The number of hydrogen-bond acceptors (Lipinski definition) is 7. The number of hydrogen-bond donors (Lipinski definition) is 6. The monoisotopic (exact) mass is 260 g/mol. The van der Waals surface area contributed by atoms with Gasteiger partial charge in [-0.15, -0.1) is 0 Å². The molecule has 0 spiro atoms. The van der Waals surface area contributed by atoms with E-state index in [4.69, 9.17) is 14.9 Å². The van der Waals surface area contributed by atoms with Crippen LogP contribution in [0.5, 0.6) is 0 Å². The summed E-state index contributed by atoms with van der Waals surface area (Å²) in [5.74, 6) is -2.36. The van der Waals surface area contributed by atoms with Crippen LogP contribution in [0.1, 0.15) is 0 Å². The molecule has 1 aliphatic rings. The van der Waals surface area contributed by atoms with Gasteiger partial charge in [0.25, 0.3) is 0 Å². The molecule has 0 radical (unpaired) electrons. The van der Waals surface area contributed by atoms with E-state index in [9.17, 15) is 19.9 Å². The van der Waals surface area contributed by atoms with Gasteiger partial charge in [0, 0.05) is 0 Å². The average Bonchev–Trinajstić information content (AvgIpc) is 2.40. The van der Waals surface area contributed by atoms with Gasteiger partial charge in [0.05, 0.1) is 13.2 Å². The summed E-state index contributed by atoms with van der Waals surface area (Å²) in [5, 5.41) is 36.7. The summed E-state index contributed by atoms with van der Waals surface area (Å²) >= 11 is 0. The van der Waals surface area contributed by atoms with Gasteiger partial charge in [0.2, 0.25) is 5.79 Å². The van der Waals surface area contributed by atoms with E-state index in [0.717, 1.165) is 0 Å². The Morgan fingerprint density at radius 2 is 1.94 bits per heavy atom. The van der Waals surface area contributed by atoms with E-state index < -0.39 is 45.1 Å². The lowest BCUT2D eigenvalue weighted by Crippen LogP contribution is -2.46. The highest BCUT2D eigenvalue weighted by molar-refractivity contribution is 7.46. The van der Waals surface area contributed by atoms with Crippen LogP contribution in [0.25, 0.3) is 0 Å². The molecule has 6 N–H and O–H groups in total. The van der Waals surface area contributed by atoms with Crippen LogP contribution in [0.2, 0.25) is 0 Å². The number of phosphoric acid groups is 1. The summed E-state index contributed by atoms with van der Waals surface area (Å²) in [6.45, 7) is -1.71. The molecule has 0 saturated carbocycles. The molecule has 96 valence electrons. The molecule has 1 heterocycles. The molecule has 0 amide bonds. The van der Waals surface area contributed by atoms with Crippen molar-refractivity contribution in [2.75, 3.05) is 13.2 Å². The Morgan fingerprint density at radius 3 is 2.31 bits per heavy atom. The molecular weight excluding hydrogens is 247 g/mol. The van der Waals surface area contributed by atoms with E-state index in [0.29, 0.717) is 0 Å². The molecule has 1 aliphatic heterocycles. The Hall–Kier alpha value is -0.0900. The Morgan fingerprint density at radius 1 is 1.38 bits per heavy atom. The lowest BCUT2D eigenvalue weighted by Gasteiger charge is -2.22. The lowest BCUT2D eigenvalue weighted by molar-refractivity contribution is -0.247. The van der Waals surface area contributed by atoms with Crippen LogP contribution in [-0.4, -0.2) is 67.5 Å². The fourth-order valence-electron chi connectivity index (χ4n) is 1.31. The van der Waals surface area contributed by atoms with Crippen molar-refractivity contribution < 1.29 is 44.0 Å². The third-order valence-electron chi connectivity index (χ3n) is 2.16. The van der Waals surface area contributed by atoms with Crippen molar-refractivity contribution in [3.63, 3.8) is 0 Å². The fourth-order valence-corrected chi connectivity index (χ4v) is 1.65. The average molecular weight is 260 g/mol. The largest absolute Gasteiger partial charge is 0.469 e. The number of aliphatic hydroxyl groups is 4. The van der Waals surface area contributed by atoms with Crippen molar-refractivity contribution in [2.24, 2.45) is 0 Å². The van der Waals surface area contributed by atoms with Crippen molar-refractivity contribution in [3.8, 4) is 0 Å². The number of ether oxygens (including phenoxy) is 1. The van der Waals surface area contributed by atoms with Gasteiger partial charge in [-0.2, -0.15) is 0 Å². The predicted octanol–water partition coefficient (Wildman–Crippen LogP) is -3.10. The first-order valence-electron chi connectivity index (χ1n) is 4.27. The SMILES string of the molecule is O=P(O)(O)OC[C@H]1OC(O)(CO)[C@@H](O)[C@@H]1O. The maximum atomic E-state index is 10.4. The first-order valence-corrected chi connectivity index (χ1v) is 5.80. The molecule has 0 aromatic carbocycles. The minimum Gasteiger partial charge on any atom is -0.391 e. The second kappa shape index (κ2) is 4.65. The molecule has 1 unspecified atom stereocenters. The maximum absolute atomic E-state index is 10.4. The molecule has 10 heteroatoms. The molecule has 0 aromatic rings. The van der Waals surface area contributed by atoms with Crippen LogP contribution in [0, 0.1) is 0 Å². The number of rotatable bonds is 4. The molecule has 1 rings (SSSR count). The summed E-state index contributed by atoms with van der Waals surface area (Å²) in [6.07, 6.45) is -4.76. The standard InChI is InChI=1S/C6H13O9P/c7-2-6(10)5(9)4(8)3(15-6)1-14-16(11,12)13/h3-5,7-10H,1-2H2,(H2,11,12,13)/t3-,4-,5+,6?/m1/s1. The molecule has 16 heavy (non-hydrogen) atoms. The first kappa shape index (κ1) is 14.0. The molecular formula is C6H13O9P. The van der Waals surface area contributed by atoms with Crippen molar-refractivity contribution in [2.45, 2.75) is 24.1 Å². The van der Waals surface area contributed by atoms with Crippen LogP contribution < -0.4 is 0 Å². The van der Waals surface area contributed by atoms with E-state index in [1.807, 2.05) is 0 Å². The smallest absolute Gasteiger partial charge is 0.391 e. The van der Waals surface area contributed by atoms with Crippen LogP contribution in [0.15, 0.2) is 0 Å². The van der Waals surface area contributed by atoms with Crippen molar-refractivity contribution in [3.05, 3.63) is 0 Å². The summed E-state index contributed by atoms with van der Waals surface area (Å²) < 4.78 is 19.1. The van der Waals surface area contributed by atoms with Crippen molar-refractivity contribution in [1.29, 1.82) is 0 Å². The zero-order valence-electron chi connectivity index (χ0n) is 8.00. The van der Waals surface area contributed by atoms with Gasteiger partial charge in [-0.3, -0.25) is 4.52 Å². The highest BCUT2D eigenvalue weighted by Crippen LogP contribution is 2.38. The second-order valence-electron chi connectivity index (χ2n) is 3.38. The number of phosphoric ester groups is 1. The minimum absolute atomic E-state index is 0.731. The van der Waals surface area contributed by atoms with Gasteiger partial charge in [0.15, 0.2) is 0 Å². The van der Waals surface area contributed by atoms with E-state index in [2.05, 4.69) is 9.26 Å². The van der Waals surface area contributed by atoms with E-state index >= 15 is 0 Å². The molecule has 0 aliphatic carbocycles. The molecule has 9 nitrogen and oxygen atoms in total. The van der Waals surface area contributed by atoms with Crippen LogP contribution in [0.3, 0.4) is 0 Å². The third-order valence-corrected chi connectivity index (χ3v) is 2.64. The van der Waals surface area contributed by atoms with Gasteiger partial charge in [0.1, 0.15) is 18.3 Å². The fraction of sp³-hybridized carbons (Fsp3) is 1.00. The lowest BCUT2D eigenvalue weighted by atomic mass is 10.1. The van der Waals surface area contributed by atoms with Crippen LogP contribution in [0.4, 0.5) is 0 Å². The van der Waals surface area contributed by atoms with Gasteiger partial charge in [-0.1, -0.05) is 0 Å². The van der Waals surface area contributed by atoms with Crippen molar-refractivity contribution >= 4 is 7.82 Å². The Balaban J connectivity index is 2.61. The molecule has 0 aromatic heterocycles. The minimum atomic E-state index is -4.73. The topological polar surface area (TPSA) is 157 Å². The van der Waals surface area contributed by atoms with Gasteiger partial charge in [-0.05, 0) is 0 Å².